The predicted octanol–water partition coefficient (Wildman–Crippen LogP) is 1.10. The lowest BCUT2D eigenvalue weighted by atomic mass is 10.0. The average Bonchev–Trinajstić information content (AvgIpc) is 3.31. The summed E-state index contributed by atoms with van der Waals surface area (Å²) in [5.41, 5.74) is 0.790. The highest BCUT2D eigenvalue weighted by Gasteiger charge is 2.54. The number of fused-ring (bicyclic) bond motifs is 1. The largest absolute Gasteiger partial charge is 0.477 e. The fourth-order valence-corrected chi connectivity index (χ4v) is 7.04. The number of rotatable bonds is 8. The van der Waals surface area contributed by atoms with Gasteiger partial charge in [-0.2, -0.15) is 5.10 Å². The molecule has 2 aliphatic heterocycles. The first-order chi connectivity index (χ1) is 16.1. The molecule has 1 saturated heterocycles. The molecule has 16 heteroatoms. The molecule has 2 N–H and O–H groups in total. The Morgan fingerprint density at radius 1 is 1.32 bits per heavy atom. The second kappa shape index (κ2) is 9.34. The number of carbonyl (C=O) groups is 3. The van der Waals surface area contributed by atoms with Crippen LogP contribution in [0.3, 0.4) is 0 Å². The van der Waals surface area contributed by atoms with Crippen LogP contribution in [0.1, 0.15) is 16.4 Å². The maximum Gasteiger partial charge on any atom is 0.352 e. The molecule has 4 rings (SSSR count). The van der Waals surface area contributed by atoms with Gasteiger partial charge in [-0.05, 0) is 26.3 Å². The standard InChI is InChI=1S/C18H19N7O6S3/c1-7-13(25(30)31)8(2)23(22-7)4-11(26)19-12-15(27)24-14(17(28)29)10(5-32-16(12)24)6-33-18-21-20-9(3)34-18/h12,16H,4-6H2,1-3H3,(H,19,26)(H,28,29). The first-order valence-electron chi connectivity index (χ1n) is 9.89. The van der Waals surface area contributed by atoms with Crippen molar-refractivity contribution in [2.24, 2.45) is 0 Å². The van der Waals surface area contributed by atoms with Gasteiger partial charge in [0.15, 0.2) is 4.34 Å². The SMILES string of the molecule is Cc1nnc(SCC2=C(C(=O)O)N3C(=O)C(NC(=O)Cn4nc(C)c([N+](=O)[O-])c4C)C3SC2)s1. The summed E-state index contributed by atoms with van der Waals surface area (Å²) in [6.45, 7) is 4.50. The molecule has 34 heavy (non-hydrogen) atoms. The molecule has 0 radical (unpaired) electrons. The minimum absolute atomic E-state index is 0.0674. The minimum atomic E-state index is -1.21. The van der Waals surface area contributed by atoms with Crippen molar-refractivity contribution in [3.63, 3.8) is 0 Å². The molecule has 0 saturated carbocycles. The lowest BCUT2D eigenvalue weighted by Gasteiger charge is -2.49. The van der Waals surface area contributed by atoms with Crippen LogP contribution in [0.4, 0.5) is 5.69 Å². The first-order valence-corrected chi connectivity index (χ1v) is 12.7. The molecule has 0 spiro atoms. The number of carbonyl (C=O) groups excluding carboxylic acids is 2. The van der Waals surface area contributed by atoms with Gasteiger partial charge in [-0.15, -0.1) is 22.0 Å². The predicted molar refractivity (Wildman–Crippen MR) is 123 cm³/mol. The van der Waals surface area contributed by atoms with E-state index in [4.69, 9.17) is 0 Å². The monoisotopic (exact) mass is 525 g/mol. The van der Waals surface area contributed by atoms with Gasteiger partial charge in [0.1, 0.15) is 40.1 Å². The number of hydrogen-bond acceptors (Lipinski definition) is 11. The quantitative estimate of drug-likeness (QED) is 0.219. The van der Waals surface area contributed by atoms with Crippen molar-refractivity contribution in [1.82, 2.24) is 30.2 Å². The molecule has 0 bridgehead atoms. The summed E-state index contributed by atoms with van der Waals surface area (Å²) in [4.78, 5) is 49.1. The third kappa shape index (κ3) is 4.39. The molecule has 2 aromatic heterocycles. The number of β-lactam (4-membered cyclic amide) rings is 1. The van der Waals surface area contributed by atoms with E-state index in [-0.39, 0.29) is 29.3 Å². The second-order valence-electron chi connectivity index (χ2n) is 7.52. The number of aromatic nitrogens is 4. The Bertz CT molecular complexity index is 1240. The van der Waals surface area contributed by atoms with Crippen LogP contribution < -0.4 is 5.32 Å². The third-order valence-electron chi connectivity index (χ3n) is 5.26. The number of aliphatic carboxylic acids is 1. The fourth-order valence-electron chi connectivity index (χ4n) is 3.74. The Labute approximate surface area is 205 Å². The van der Waals surface area contributed by atoms with Crippen LogP contribution in [0.25, 0.3) is 0 Å². The summed E-state index contributed by atoms with van der Waals surface area (Å²) in [7, 11) is 0. The van der Waals surface area contributed by atoms with E-state index in [1.807, 2.05) is 6.92 Å². The van der Waals surface area contributed by atoms with Crippen LogP contribution >= 0.6 is 34.9 Å². The molecule has 2 atom stereocenters. The van der Waals surface area contributed by atoms with Crippen molar-refractivity contribution in [3.05, 3.63) is 37.8 Å². The van der Waals surface area contributed by atoms with Gasteiger partial charge in [-0.25, -0.2) is 4.79 Å². The highest BCUT2D eigenvalue weighted by molar-refractivity contribution is 8.01. The molecular weight excluding hydrogens is 506 g/mol. The molecule has 0 aromatic carbocycles. The highest BCUT2D eigenvalue weighted by Crippen LogP contribution is 2.41. The Hall–Kier alpha value is -2.98. The van der Waals surface area contributed by atoms with Crippen molar-refractivity contribution < 1.29 is 24.4 Å². The lowest BCUT2D eigenvalue weighted by Crippen LogP contribution is -2.70. The Morgan fingerprint density at radius 2 is 2.06 bits per heavy atom. The molecule has 4 heterocycles. The lowest BCUT2D eigenvalue weighted by molar-refractivity contribution is -0.386. The Balaban J connectivity index is 1.44. The summed E-state index contributed by atoms with van der Waals surface area (Å²) < 4.78 is 1.93. The van der Waals surface area contributed by atoms with E-state index >= 15 is 0 Å². The average molecular weight is 526 g/mol. The van der Waals surface area contributed by atoms with E-state index < -0.39 is 34.1 Å². The smallest absolute Gasteiger partial charge is 0.352 e. The molecule has 1 fully saturated rings. The van der Waals surface area contributed by atoms with Crippen molar-refractivity contribution in [3.8, 4) is 0 Å². The number of nitro groups is 1. The Morgan fingerprint density at radius 3 is 2.65 bits per heavy atom. The summed E-state index contributed by atoms with van der Waals surface area (Å²) >= 11 is 4.14. The van der Waals surface area contributed by atoms with Crippen LogP contribution in [0.5, 0.6) is 0 Å². The number of amides is 2. The molecule has 2 aromatic rings. The summed E-state index contributed by atoms with van der Waals surface area (Å²) in [6, 6.07) is -0.890. The molecule has 13 nitrogen and oxygen atoms in total. The summed E-state index contributed by atoms with van der Waals surface area (Å²) in [5.74, 6) is -1.53. The number of carboxylic acids is 1. The normalized spacial score (nSPS) is 19.6. The van der Waals surface area contributed by atoms with E-state index in [1.165, 1.54) is 58.3 Å². The van der Waals surface area contributed by atoms with E-state index in [0.29, 0.717) is 21.4 Å². The van der Waals surface area contributed by atoms with E-state index in [9.17, 15) is 29.6 Å². The van der Waals surface area contributed by atoms with Gasteiger partial charge in [0.05, 0.1) is 4.92 Å². The van der Waals surface area contributed by atoms with Crippen LogP contribution in [0, 0.1) is 30.9 Å². The van der Waals surface area contributed by atoms with Gasteiger partial charge in [0.25, 0.3) is 5.91 Å². The zero-order valence-corrected chi connectivity index (χ0v) is 20.6. The maximum atomic E-state index is 12.8. The number of hydrogen-bond donors (Lipinski definition) is 2. The van der Waals surface area contributed by atoms with Crippen molar-refractivity contribution in [1.29, 1.82) is 0 Å². The van der Waals surface area contributed by atoms with Gasteiger partial charge in [-0.3, -0.25) is 29.3 Å². The van der Waals surface area contributed by atoms with Crippen LogP contribution in [-0.2, 0) is 20.9 Å². The van der Waals surface area contributed by atoms with Crippen LogP contribution in [-0.4, -0.2) is 75.6 Å². The summed E-state index contributed by atoms with van der Waals surface area (Å²) in [5, 5.41) is 35.8. The van der Waals surface area contributed by atoms with Gasteiger partial charge in [0, 0.05) is 11.5 Å². The van der Waals surface area contributed by atoms with Crippen LogP contribution in [0.2, 0.25) is 0 Å². The van der Waals surface area contributed by atoms with E-state index in [0.717, 1.165) is 5.01 Å². The molecule has 2 amide bonds. The number of aryl methyl sites for hydroxylation is 2. The second-order valence-corrected chi connectivity index (χ2v) is 11.0. The number of nitrogens with zero attached hydrogens (tertiary/aromatic N) is 6. The van der Waals surface area contributed by atoms with E-state index in [2.05, 4.69) is 20.6 Å². The van der Waals surface area contributed by atoms with Crippen molar-refractivity contribution in [2.75, 3.05) is 11.5 Å². The first kappa shape index (κ1) is 24.2. The molecule has 180 valence electrons. The topological polar surface area (TPSA) is 173 Å². The van der Waals surface area contributed by atoms with Crippen molar-refractivity contribution >= 4 is 58.3 Å². The van der Waals surface area contributed by atoms with Crippen LogP contribution in [0.15, 0.2) is 15.6 Å². The maximum absolute atomic E-state index is 12.8. The van der Waals surface area contributed by atoms with E-state index in [1.54, 1.807) is 0 Å². The molecule has 2 unspecified atom stereocenters. The molecular formula is C18H19N7O6S3. The minimum Gasteiger partial charge on any atom is -0.477 e. The summed E-state index contributed by atoms with van der Waals surface area (Å²) in [6.07, 6.45) is 0. The third-order valence-corrected chi connectivity index (χ3v) is 8.66. The fraction of sp³-hybridized carbons (Fsp3) is 0.444. The highest BCUT2D eigenvalue weighted by atomic mass is 32.2. The zero-order valence-electron chi connectivity index (χ0n) is 18.2. The molecule has 2 aliphatic rings. The van der Waals surface area contributed by atoms with Gasteiger partial charge < -0.3 is 10.4 Å². The molecule has 0 aliphatic carbocycles. The van der Waals surface area contributed by atoms with Gasteiger partial charge in [-0.1, -0.05) is 23.1 Å². The van der Waals surface area contributed by atoms with Crippen molar-refractivity contribution in [2.45, 2.75) is 43.1 Å². The Kier molecular flexibility index (Phi) is 6.64. The zero-order chi connectivity index (χ0) is 24.7. The number of thioether (sulfide) groups is 2. The number of carboxylic acid groups (broad SMARTS) is 1. The number of nitrogens with one attached hydrogen (secondary N) is 1. The van der Waals surface area contributed by atoms with Gasteiger partial charge in [0.2, 0.25) is 5.91 Å². The van der Waals surface area contributed by atoms with Gasteiger partial charge >= 0.3 is 11.7 Å².